The number of pyridine rings is 1. The van der Waals surface area contributed by atoms with E-state index in [9.17, 15) is 19.2 Å². The topological polar surface area (TPSA) is 144 Å². The van der Waals surface area contributed by atoms with Crippen LogP contribution in [-0.2, 0) is 32.6 Å². The zero-order chi connectivity index (χ0) is 30.9. The van der Waals surface area contributed by atoms with Gasteiger partial charge in [-0.15, -0.1) is 0 Å². The third-order valence-corrected chi connectivity index (χ3v) is 6.49. The summed E-state index contributed by atoms with van der Waals surface area (Å²) in [5.41, 5.74) is 9.00. The Hall–Kier alpha value is -5.32. The Morgan fingerprint density at radius 2 is 1.72 bits per heavy atom. The molecule has 0 fully saturated rings. The third kappa shape index (κ3) is 8.35. The highest BCUT2D eigenvalue weighted by Gasteiger charge is 2.19. The molecule has 0 saturated heterocycles. The lowest BCUT2D eigenvalue weighted by Crippen LogP contribution is -2.41. The number of carbonyl (C=O) groups is 4. The lowest BCUT2D eigenvalue weighted by molar-refractivity contribution is -0.141. The largest absolute Gasteiger partial charge is 0.460 e. The summed E-state index contributed by atoms with van der Waals surface area (Å²) in [6.07, 6.45) is 5.56. The molecule has 4 rings (SSSR count). The number of hydrazine groups is 1. The molecule has 0 aliphatic heterocycles. The molecule has 0 saturated carbocycles. The Kier molecular flexibility index (Phi) is 10.00. The molecule has 11 heteroatoms. The van der Waals surface area contributed by atoms with E-state index in [4.69, 9.17) is 9.72 Å². The van der Waals surface area contributed by atoms with Crippen molar-refractivity contribution in [3.63, 3.8) is 0 Å². The fraction of sp³-hybridized carbons (Fsp3) is 0.250. The monoisotopic (exact) mass is 582 g/mol. The molecule has 3 N–H and O–H groups in total. The van der Waals surface area contributed by atoms with Crippen LogP contribution < -0.4 is 16.2 Å². The van der Waals surface area contributed by atoms with Crippen molar-refractivity contribution in [2.75, 3.05) is 0 Å². The summed E-state index contributed by atoms with van der Waals surface area (Å²) in [7, 11) is 1.84. The van der Waals surface area contributed by atoms with Crippen LogP contribution in [0.15, 0.2) is 79.1 Å². The molecule has 2 aromatic heterocycles. The van der Waals surface area contributed by atoms with Crippen molar-refractivity contribution in [1.29, 1.82) is 0 Å². The predicted molar refractivity (Wildman–Crippen MR) is 161 cm³/mol. The fourth-order valence-corrected chi connectivity index (χ4v) is 4.47. The van der Waals surface area contributed by atoms with Crippen molar-refractivity contribution >= 4 is 34.6 Å². The maximum absolute atomic E-state index is 13.5. The third-order valence-electron chi connectivity index (χ3n) is 6.49. The molecule has 11 nitrogen and oxygen atoms in total. The van der Waals surface area contributed by atoms with Gasteiger partial charge < -0.3 is 10.1 Å². The van der Waals surface area contributed by atoms with E-state index in [1.807, 2.05) is 50.5 Å². The quantitative estimate of drug-likeness (QED) is 0.147. The van der Waals surface area contributed by atoms with Gasteiger partial charge in [-0.2, -0.15) is 5.10 Å². The van der Waals surface area contributed by atoms with Crippen molar-refractivity contribution in [3.05, 3.63) is 95.8 Å². The first-order chi connectivity index (χ1) is 20.6. The second kappa shape index (κ2) is 14.0. The summed E-state index contributed by atoms with van der Waals surface area (Å²) >= 11 is 0. The number of rotatable bonds is 10. The second-order valence-electron chi connectivity index (χ2n) is 10.2. The van der Waals surface area contributed by atoms with Gasteiger partial charge in [0.25, 0.3) is 11.8 Å². The van der Waals surface area contributed by atoms with Crippen LogP contribution in [0.1, 0.15) is 54.7 Å². The van der Waals surface area contributed by atoms with E-state index in [0.29, 0.717) is 11.1 Å². The summed E-state index contributed by atoms with van der Waals surface area (Å²) < 4.78 is 6.62. The number of aromatic nitrogens is 3. The number of hydrogen-bond donors (Lipinski definition) is 3. The molecule has 0 aliphatic rings. The van der Waals surface area contributed by atoms with Gasteiger partial charge in [0, 0.05) is 48.3 Å². The number of benzene rings is 2. The highest BCUT2D eigenvalue weighted by molar-refractivity contribution is 5.97. The number of aryl methyl sites for hydroxylation is 2. The van der Waals surface area contributed by atoms with Crippen molar-refractivity contribution in [2.45, 2.75) is 45.8 Å². The summed E-state index contributed by atoms with van der Waals surface area (Å²) in [5.74, 6) is -2.08. The minimum atomic E-state index is -0.682. The number of carbonyl (C=O) groups excluding carboxylic acids is 4. The number of para-hydroxylation sites is 1. The standard InChI is InChI=1S/C32H34N6O5/c1-20(2)43-31(41)16-15-30(40)37-36-29(39)14-13-22-9-5-6-10-24(22)32(42)34-21(3)26-17-28(23-18-33-38(4)19-23)35-27-12-8-7-11-25(26)27/h5-12,15-21H,13-14H2,1-4H3,(H,34,42)(H,36,39)(H,37,40)/b16-15+/t21-/m1/s1. The number of fused-ring (bicyclic) bond motifs is 1. The number of esters is 1. The van der Waals surface area contributed by atoms with E-state index in [1.54, 1.807) is 49.0 Å². The molecule has 2 aromatic carbocycles. The fourth-order valence-electron chi connectivity index (χ4n) is 4.47. The number of amides is 3. The first-order valence-corrected chi connectivity index (χ1v) is 13.9. The molecule has 43 heavy (non-hydrogen) atoms. The van der Waals surface area contributed by atoms with Gasteiger partial charge in [0.1, 0.15) is 0 Å². The maximum atomic E-state index is 13.5. The Labute approximate surface area is 249 Å². The van der Waals surface area contributed by atoms with Gasteiger partial charge in [0.05, 0.1) is 29.6 Å². The lowest BCUT2D eigenvalue weighted by Gasteiger charge is -2.19. The molecular weight excluding hydrogens is 548 g/mol. The summed E-state index contributed by atoms with van der Waals surface area (Å²) in [6, 6.07) is 16.5. The Balaban J connectivity index is 1.40. The minimum absolute atomic E-state index is 0.0166. The Bertz CT molecular complexity index is 1680. The average Bonchev–Trinajstić information content (AvgIpc) is 3.43. The molecule has 0 aliphatic carbocycles. The van der Waals surface area contributed by atoms with Gasteiger partial charge in [-0.05, 0) is 56.5 Å². The first kappa shape index (κ1) is 30.6. The van der Waals surface area contributed by atoms with Crippen LogP contribution in [0.5, 0.6) is 0 Å². The van der Waals surface area contributed by atoms with Crippen molar-refractivity contribution < 1.29 is 23.9 Å². The smallest absolute Gasteiger partial charge is 0.331 e. The molecule has 0 spiro atoms. The van der Waals surface area contributed by atoms with Crippen LogP contribution in [0.4, 0.5) is 0 Å². The molecule has 1 atom stereocenters. The minimum Gasteiger partial charge on any atom is -0.460 e. The van der Waals surface area contributed by atoms with Crippen LogP contribution >= 0.6 is 0 Å². The van der Waals surface area contributed by atoms with E-state index < -0.39 is 17.8 Å². The second-order valence-corrected chi connectivity index (χ2v) is 10.2. The van der Waals surface area contributed by atoms with Crippen molar-refractivity contribution in [3.8, 4) is 11.3 Å². The average molecular weight is 583 g/mol. The first-order valence-electron chi connectivity index (χ1n) is 13.9. The number of nitrogens with zero attached hydrogens (tertiary/aromatic N) is 3. The van der Waals surface area contributed by atoms with Gasteiger partial charge >= 0.3 is 5.97 Å². The van der Waals surface area contributed by atoms with Gasteiger partial charge in [-0.3, -0.25) is 29.9 Å². The van der Waals surface area contributed by atoms with Gasteiger partial charge in [-0.25, -0.2) is 9.78 Å². The zero-order valence-electron chi connectivity index (χ0n) is 24.5. The summed E-state index contributed by atoms with van der Waals surface area (Å²) in [5, 5.41) is 8.29. The number of hydrogen-bond acceptors (Lipinski definition) is 7. The van der Waals surface area contributed by atoms with Crippen LogP contribution in [0.25, 0.3) is 22.2 Å². The Morgan fingerprint density at radius 1 is 0.977 bits per heavy atom. The summed E-state index contributed by atoms with van der Waals surface area (Å²) in [4.78, 5) is 54.0. The normalized spacial score (nSPS) is 11.8. The lowest BCUT2D eigenvalue weighted by atomic mass is 9.98. The molecule has 2 heterocycles. The van der Waals surface area contributed by atoms with Crippen LogP contribution in [0.2, 0.25) is 0 Å². The molecular formula is C32H34N6O5. The van der Waals surface area contributed by atoms with Crippen LogP contribution in [0, 0.1) is 0 Å². The number of nitrogens with one attached hydrogen (secondary N) is 3. The molecule has 0 bridgehead atoms. The van der Waals surface area contributed by atoms with E-state index in [1.165, 1.54) is 0 Å². The highest BCUT2D eigenvalue weighted by Crippen LogP contribution is 2.29. The van der Waals surface area contributed by atoms with Gasteiger partial charge in [0.15, 0.2) is 0 Å². The zero-order valence-corrected chi connectivity index (χ0v) is 24.5. The molecule has 3 amide bonds. The van der Waals surface area contributed by atoms with Crippen molar-refractivity contribution in [2.24, 2.45) is 7.05 Å². The van der Waals surface area contributed by atoms with E-state index in [-0.39, 0.29) is 30.9 Å². The molecule has 0 radical (unpaired) electrons. The predicted octanol–water partition coefficient (Wildman–Crippen LogP) is 3.71. The van der Waals surface area contributed by atoms with Crippen LogP contribution in [-0.4, -0.2) is 44.6 Å². The van der Waals surface area contributed by atoms with E-state index in [0.717, 1.165) is 39.9 Å². The van der Waals surface area contributed by atoms with E-state index >= 15 is 0 Å². The van der Waals surface area contributed by atoms with Crippen LogP contribution in [0.3, 0.4) is 0 Å². The molecule has 222 valence electrons. The SMILES string of the molecule is CC(C)OC(=O)/C=C/C(=O)NNC(=O)CCc1ccccc1C(=O)N[C@H](C)c1cc(-c2cnn(C)c2)nc2ccccc12. The Morgan fingerprint density at radius 3 is 2.47 bits per heavy atom. The molecule has 4 aromatic rings. The molecule has 0 unspecified atom stereocenters. The van der Waals surface area contributed by atoms with Gasteiger partial charge in [-0.1, -0.05) is 36.4 Å². The summed E-state index contributed by atoms with van der Waals surface area (Å²) in [6.45, 7) is 5.30. The van der Waals surface area contributed by atoms with E-state index in [2.05, 4.69) is 21.3 Å². The highest BCUT2D eigenvalue weighted by atomic mass is 16.5. The van der Waals surface area contributed by atoms with Gasteiger partial charge in [0.2, 0.25) is 5.91 Å². The number of ether oxygens (including phenoxy) is 1. The van der Waals surface area contributed by atoms with Crippen molar-refractivity contribution in [1.82, 2.24) is 30.9 Å². The maximum Gasteiger partial charge on any atom is 0.331 e.